The Labute approximate surface area is 162 Å². The minimum absolute atomic E-state index is 0.286. The van der Waals surface area contributed by atoms with Crippen LogP contribution in [-0.2, 0) is 6.42 Å². The van der Waals surface area contributed by atoms with Gasteiger partial charge in [-0.25, -0.2) is 14.7 Å². The Kier molecular flexibility index (Phi) is 5.10. The number of carboxylic acids is 1. The van der Waals surface area contributed by atoms with Crippen molar-refractivity contribution in [2.45, 2.75) is 44.6 Å². The van der Waals surface area contributed by atoms with E-state index in [0.29, 0.717) is 18.0 Å². The molecular formula is C22H23N3O3. The normalized spacial score (nSPS) is 14.9. The maximum atomic E-state index is 11.8. The van der Waals surface area contributed by atoms with E-state index in [2.05, 4.69) is 10.1 Å². The van der Waals surface area contributed by atoms with Crippen molar-refractivity contribution in [1.29, 1.82) is 0 Å². The van der Waals surface area contributed by atoms with E-state index in [1.165, 1.54) is 19.3 Å². The number of hydrogen-bond donors (Lipinski definition) is 2. The molecule has 0 bridgehead atoms. The lowest BCUT2D eigenvalue weighted by molar-refractivity contribution is 0.0697. The Bertz CT molecular complexity index is 1030. The summed E-state index contributed by atoms with van der Waals surface area (Å²) in [7, 11) is 0. The van der Waals surface area contributed by atoms with Gasteiger partial charge in [-0.15, -0.1) is 0 Å². The van der Waals surface area contributed by atoms with E-state index < -0.39 is 5.97 Å². The smallest absolute Gasteiger partial charge is 0.361 e. The molecule has 1 aliphatic carbocycles. The van der Waals surface area contributed by atoms with Gasteiger partial charge in [0, 0.05) is 6.42 Å². The van der Waals surface area contributed by atoms with Gasteiger partial charge in [0.05, 0.1) is 11.6 Å². The first-order valence-corrected chi connectivity index (χ1v) is 9.71. The van der Waals surface area contributed by atoms with E-state index in [0.717, 1.165) is 29.8 Å². The third-order valence-electron chi connectivity index (χ3n) is 5.45. The van der Waals surface area contributed by atoms with Gasteiger partial charge >= 0.3 is 11.7 Å². The summed E-state index contributed by atoms with van der Waals surface area (Å²) in [6.45, 7) is 0. The molecule has 28 heavy (non-hydrogen) atoms. The number of aromatic carboxylic acids is 1. The lowest BCUT2D eigenvalue weighted by Gasteiger charge is -2.23. The summed E-state index contributed by atoms with van der Waals surface area (Å²) in [5.74, 6) is -0.178. The highest BCUT2D eigenvalue weighted by Gasteiger charge is 2.20. The molecule has 0 unspecified atom stereocenters. The number of carboxylic acid groups (broad SMARTS) is 1. The molecule has 0 spiro atoms. The van der Waals surface area contributed by atoms with Gasteiger partial charge in [-0.05, 0) is 35.6 Å². The van der Waals surface area contributed by atoms with Crippen LogP contribution in [0.2, 0.25) is 0 Å². The van der Waals surface area contributed by atoms with Crippen molar-refractivity contribution in [2.75, 3.05) is 0 Å². The topological polar surface area (TPSA) is 88.0 Å². The van der Waals surface area contributed by atoms with Crippen molar-refractivity contribution in [3.05, 3.63) is 76.0 Å². The molecule has 1 aromatic heterocycles. The van der Waals surface area contributed by atoms with Crippen molar-refractivity contribution in [2.24, 2.45) is 0 Å². The number of rotatable bonds is 5. The quantitative estimate of drug-likeness (QED) is 0.703. The van der Waals surface area contributed by atoms with Gasteiger partial charge in [0.2, 0.25) is 0 Å². The first-order valence-electron chi connectivity index (χ1n) is 9.71. The lowest BCUT2D eigenvalue weighted by atomic mass is 9.95. The molecule has 0 amide bonds. The molecule has 144 valence electrons. The largest absolute Gasteiger partial charge is 0.478 e. The van der Waals surface area contributed by atoms with Gasteiger partial charge < -0.3 is 5.11 Å². The number of nitrogens with zero attached hydrogens (tertiary/aromatic N) is 2. The van der Waals surface area contributed by atoms with E-state index in [1.54, 1.807) is 12.1 Å². The fourth-order valence-corrected chi connectivity index (χ4v) is 4.04. The van der Waals surface area contributed by atoms with Crippen LogP contribution in [0.4, 0.5) is 0 Å². The van der Waals surface area contributed by atoms with Crippen LogP contribution in [-0.4, -0.2) is 25.8 Å². The highest BCUT2D eigenvalue weighted by atomic mass is 16.4. The van der Waals surface area contributed by atoms with E-state index in [1.807, 2.05) is 41.1 Å². The zero-order valence-corrected chi connectivity index (χ0v) is 15.6. The number of aromatic amines is 1. The van der Waals surface area contributed by atoms with Crippen LogP contribution >= 0.6 is 0 Å². The average molecular weight is 377 g/mol. The maximum absolute atomic E-state index is 11.8. The van der Waals surface area contributed by atoms with Crippen LogP contribution in [0.5, 0.6) is 0 Å². The summed E-state index contributed by atoms with van der Waals surface area (Å²) in [5, 5.41) is 12.3. The van der Waals surface area contributed by atoms with E-state index >= 15 is 0 Å². The Hall–Kier alpha value is -3.15. The second-order valence-corrected chi connectivity index (χ2v) is 7.33. The number of nitrogens with one attached hydrogen (secondary N) is 1. The second-order valence-electron chi connectivity index (χ2n) is 7.33. The van der Waals surface area contributed by atoms with E-state index in [9.17, 15) is 14.7 Å². The van der Waals surface area contributed by atoms with Gasteiger partial charge in [-0.3, -0.25) is 4.68 Å². The standard InChI is InChI=1S/C22H23N3O3/c26-21(27)19-9-5-4-8-18(19)16-12-10-15(11-13-16)14-20-23-22(28)24-25(20)17-6-2-1-3-7-17/h4-5,8-13,17H,1-3,6-7,14H2,(H,24,28)(H,26,27). The number of carbonyl (C=O) groups is 1. The third kappa shape index (κ3) is 3.76. The average Bonchev–Trinajstić information content (AvgIpc) is 3.09. The minimum Gasteiger partial charge on any atom is -0.478 e. The Balaban J connectivity index is 1.58. The van der Waals surface area contributed by atoms with E-state index in [4.69, 9.17) is 0 Å². The number of H-pyrrole nitrogens is 1. The van der Waals surface area contributed by atoms with Crippen molar-refractivity contribution in [1.82, 2.24) is 14.8 Å². The van der Waals surface area contributed by atoms with Gasteiger partial charge in [-0.2, -0.15) is 4.98 Å². The number of benzene rings is 2. The molecule has 6 heteroatoms. The zero-order valence-electron chi connectivity index (χ0n) is 15.6. The van der Waals surface area contributed by atoms with Gasteiger partial charge in [-0.1, -0.05) is 61.7 Å². The predicted octanol–water partition coefficient (Wildman–Crippen LogP) is 4.03. The summed E-state index contributed by atoms with van der Waals surface area (Å²) in [5.41, 5.74) is 2.57. The molecule has 3 aromatic rings. The van der Waals surface area contributed by atoms with Gasteiger partial charge in [0.15, 0.2) is 0 Å². The van der Waals surface area contributed by atoms with Crippen LogP contribution in [0.15, 0.2) is 53.3 Å². The molecule has 0 aliphatic heterocycles. The van der Waals surface area contributed by atoms with Gasteiger partial charge in [0.25, 0.3) is 0 Å². The van der Waals surface area contributed by atoms with Crippen LogP contribution in [0, 0.1) is 0 Å². The lowest BCUT2D eigenvalue weighted by Crippen LogP contribution is -2.18. The van der Waals surface area contributed by atoms with Crippen LogP contribution in [0.25, 0.3) is 11.1 Å². The summed E-state index contributed by atoms with van der Waals surface area (Å²) in [6.07, 6.45) is 6.33. The molecule has 6 nitrogen and oxygen atoms in total. The molecule has 0 atom stereocenters. The van der Waals surface area contributed by atoms with Gasteiger partial charge in [0.1, 0.15) is 5.82 Å². The molecule has 2 N–H and O–H groups in total. The van der Waals surface area contributed by atoms with Crippen LogP contribution in [0.3, 0.4) is 0 Å². The molecule has 0 saturated heterocycles. The summed E-state index contributed by atoms with van der Waals surface area (Å²) >= 11 is 0. The molecular weight excluding hydrogens is 354 g/mol. The Morgan fingerprint density at radius 2 is 1.79 bits per heavy atom. The summed E-state index contributed by atoms with van der Waals surface area (Å²) in [4.78, 5) is 27.5. The summed E-state index contributed by atoms with van der Waals surface area (Å²) in [6, 6.07) is 15.1. The predicted molar refractivity (Wildman–Crippen MR) is 107 cm³/mol. The maximum Gasteiger partial charge on any atom is 0.361 e. The first-order chi connectivity index (χ1) is 13.6. The first kappa shape index (κ1) is 18.2. The van der Waals surface area contributed by atoms with Crippen LogP contribution < -0.4 is 5.69 Å². The molecule has 0 radical (unpaired) electrons. The monoisotopic (exact) mass is 377 g/mol. The second kappa shape index (κ2) is 7.84. The van der Waals surface area contributed by atoms with E-state index in [-0.39, 0.29) is 11.3 Å². The molecule has 1 saturated carbocycles. The SMILES string of the molecule is O=C(O)c1ccccc1-c1ccc(Cc2nc(=O)[nH]n2C2CCCCC2)cc1. The Morgan fingerprint density at radius 3 is 2.50 bits per heavy atom. The van der Waals surface area contributed by atoms with Crippen molar-refractivity contribution < 1.29 is 9.90 Å². The molecule has 2 aromatic carbocycles. The number of hydrogen-bond acceptors (Lipinski definition) is 3. The summed E-state index contributed by atoms with van der Waals surface area (Å²) < 4.78 is 1.95. The van der Waals surface area contributed by atoms with Crippen LogP contribution in [0.1, 0.15) is 59.9 Å². The molecule has 1 heterocycles. The third-order valence-corrected chi connectivity index (χ3v) is 5.45. The number of aromatic nitrogens is 3. The highest BCUT2D eigenvalue weighted by Crippen LogP contribution is 2.29. The van der Waals surface area contributed by atoms with Crippen molar-refractivity contribution >= 4 is 5.97 Å². The van der Waals surface area contributed by atoms with Crippen molar-refractivity contribution in [3.8, 4) is 11.1 Å². The fourth-order valence-electron chi connectivity index (χ4n) is 4.04. The fraction of sp³-hybridized carbons (Fsp3) is 0.318. The molecule has 1 fully saturated rings. The Morgan fingerprint density at radius 1 is 1.07 bits per heavy atom. The van der Waals surface area contributed by atoms with Crippen molar-refractivity contribution in [3.63, 3.8) is 0 Å². The highest BCUT2D eigenvalue weighted by molar-refractivity contribution is 5.95. The minimum atomic E-state index is -0.937. The molecule has 1 aliphatic rings. The zero-order chi connectivity index (χ0) is 19.5. The molecule has 4 rings (SSSR count).